The summed E-state index contributed by atoms with van der Waals surface area (Å²) in [4.78, 5) is 6.58. The minimum absolute atomic E-state index is 0. The number of unbranched alkanes of at least 4 members (excludes halogenated alkanes) is 1. The molecule has 93 heavy (non-hydrogen) atoms. The summed E-state index contributed by atoms with van der Waals surface area (Å²) in [5.41, 5.74) is -1.69. The van der Waals surface area contributed by atoms with Gasteiger partial charge in [-0.25, -0.2) is 13.1 Å². The van der Waals surface area contributed by atoms with E-state index in [0.717, 1.165) is 31.3 Å². The van der Waals surface area contributed by atoms with Crippen molar-refractivity contribution in [2.75, 3.05) is 43.7 Å². The fraction of sp³-hybridized carbons (Fsp3) is 0.592. The van der Waals surface area contributed by atoms with E-state index in [2.05, 4.69) is 95.7 Å². The molecule has 0 bridgehead atoms. The Morgan fingerprint density at radius 1 is 0.570 bits per heavy atom. The van der Waals surface area contributed by atoms with Crippen LogP contribution in [0.15, 0.2) is 120 Å². The van der Waals surface area contributed by atoms with Crippen molar-refractivity contribution >= 4 is 63.4 Å². The summed E-state index contributed by atoms with van der Waals surface area (Å²) in [6.07, 6.45) is 7.16. The van der Waals surface area contributed by atoms with Gasteiger partial charge in [-0.15, -0.1) is 0 Å². The Kier molecular flexibility index (Phi) is 19.6. The van der Waals surface area contributed by atoms with Crippen LogP contribution in [0.3, 0.4) is 0 Å². The van der Waals surface area contributed by atoms with Crippen LogP contribution < -0.4 is 40.4 Å². The van der Waals surface area contributed by atoms with Gasteiger partial charge in [-0.2, -0.15) is 5.26 Å². The SMILES string of the molecule is CC(C)N(C(C)C)C(OCCC#N)OCCCCNS(=O)(=O)c1ccccc1C1c2ccc(N(C)c3ccc([As]45(OC(C)(C)C(C)(C)O4)OC(C)(C)C(C)(C)O5)cc3)cc2OC2=CC(N(C)c3ccc([As]45(OC(C)(C)C(C)(C)O4)OC(C)(C)C(C)(C)O5)cc3)C=CC21.[Cl-]. The van der Waals surface area contributed by atoms with E-state index in [1.165, 1.54) is 0 Å². The third-order valence-electron chi connectivity index (χ3n) is 20.7. The van der Waals surface area contributed by atoms with E-state index in [4.69, 9.17) is 44.0 Å². The number of nitrogens with one attached hydrogen (secondary N) is 1. The molecule has 2 spiro atoms. The molecule has 22 heteroatoms. The van der Waals surface area contributed by atoms with Crippen LogP contribution in [0.2, 0.25) is 0 Å². The first-order valence-corrected chi connectivity index (χ1v) is 42.1. The zero-order chi connectivity index (χ0) is 67.5. The van der Waals surface area contributed by atoms with Gasteiger partial charge >= 0.3 is 404 Å². The first-order valence-electron chi connectivity index (χ1n) is 32.6. The number of sulfonamides is 1. The van der Waals surface area contributed by atoms with Crippen LogP contribution >= 0.6 is 0 Å². The molecule has 0 saturated carbocycles. The Morgan fingerprint density at radius 3 is 1.47 bits per heavy atom. The van der Waals surface area contributed by atoms with Crippen molar-refractivity contribution in [3.63, 3.8) is 0 Å². The Hall–Kier alpha value is -3.87. The fourth-order valence-corrected chi connectivity index (χ4v) is 36.7. The molecule has 6 aliphatic rings. The van der Waals surface area contributed by atoms with E-state index >= 15 is 0 Å². The van der Waals surface area contributed by atoms with E-state index in [0.29, 0.717) is 36.5 Å². The number of fused-ring (bicyclic) bond motifs is 2. The Bertz CT molecular complexity index is 3500. The second kappa shape index (κ2) is 24.8. The van der Waals surface area contributed by atoms with Gasteiger partial charge in [0.15, 0.2) is 0 Å². The summed E-state index contributed by atoms with van der Waals surface area (Å²) in [6, 6.07) is 31.8. The van der Waals surface area contributed by atoms with Gasteiger partial charge in [0.05, 0.1) is 25.7 Å². The number of anilines is 3. The molecular weight excluding hydrogens is 1350 g/mol. The molecule has 4 aromatic carbocycles. The molecule has 4 fully saturated rings. The summed E-state index contributed by atoms with van der Waals surface area (Å²) in [7, 11) is -0.00492. The topological polar surface area (TPSA) is 181 Å². The first kappa shape index (κ1) is 73.4. The maximum absolute atomic E-state index is 14.8. The van der Waals surface area contributed by atoms with Crippen molar-refractivity contribution in [2.45, 2.75) is 238 Å². The second-order valence-electron chi connectivity index (χ2n) is 30.1. The molecule has 4 saturated heterocycles. The first-order chi connectivity index (χ1) is 42.5. The number of hydrogen-bond acceptors (Lipinski definition) is 17. The third-order valence-corrected chi connectivity index (χ3v) is 40.0. The third kappa shape index (κ3) is 12.8. The second-order valence-corrected chi connectivity index (χ2v) is 43.9. The van der Waals surface area contributed by atoms with E-state index < -0.39 is 94.8 Å². The standard InChI is InChI=1S/C71H103As2N5O13S.ClH/c1-48(2)78(49(3)4)63(82-45-27-42-74)81-44-26-25-43-75-92(79,80)61-29-24-23-28-58(61)62-56-40-38-54(76(21)52-34-30-50(31-35-52)72(84-64(5,6)65(7,8)85-72)86-66(9,10)67(11,12)87-72)46-59(56)83-60-47-55(39-41-57(60)62)77(22)53-36-32-51(33-37-53)73(88-68(13,14)69(15,16)89-73)90-70(17,18)71(19,20)91-73;/h23-24,28-41,46-49,54,56,62-63,75H,25-27,43-45H2,1-22H3;1H/p-1. The largest absolute Gasteiger partial charge is 1.00 e. The van der Waals surface area contributed by atoms with Gasteiger partial charge in [0.1, 0.15) is 0 Å². The zero-order valence-corrected chi connectivity index (χ0v) is 64.2. The van der Waals surface area contributed by atoms with Crippen molar-refractivity contribution < 1.29 is 64.8 Å². The van der Waals surface area contributed by atoms with Gasteiger partial charge in [-0.05, 0) is 46.6 Å². The minimum atomic E-state index is -5.19. The predicted molar refractivity (Wildman–Crippen MR) is 364 cm³/mol. The maximum Gasteiger partial charge on any atom is -1.00 e. The number of allylic oxidation sites excluding steroid dienone is 1. The monoisotopic (exact) mass is 1450 g/mol. The molecular formula is C71H103As2ClN5O13S-. The van der Waals surface area contributed by atoms with Gasteiger partial charge in [-0.3, -0.25) is 4.90 Å². The molecule has 514 valence electrons. The van der Waals surface area contributed by atoms with Crippen LogP contribution in [0.25, 0.3) is 0 Å². The smallest absolute Gasteiger partial charge is 1.00 e. The molecule has 10 rings (SSSR count). The number of halogens is 1. The number of hydrogen-bond donors (Lipinski definition) is 1. The van der Waals surface area contributed by atoms with E-state index in [9.17, 15) is 13.7 Å². The fourth-order valence-electron chi connectivity index (χ4n) is 13.1. The van der Waals surface area contributed by atoms with Crippen LogP contribution in [0.4, 0.5) is 17.1 Å². The quantitative estimate of drug-likeness (QED) is 0.0360. The number of ether oxygens (including phenoxy) is 3. The van der Waals surface area contributed by atoms with Crippen molar-refractivity contribution in [3.8, 4) is 11.8 Å². The van der Waals surface area contributed by atoms with Crippen molar-refractivity contribution in [3.05, 3.63) is 126 Å². The molecule has 4 aromatic rings. The van der Waals surface area contributed by atoms with Crippen LogP contribution in [-0.2, 0) is 49.3 Å². The van der Waals surface area contributed by atoms with Crippen molar-refractivity contribution in [1.82, 2.24) is 9.62 Å². The van der Waals surface area contributed by atoms with Gasteiger partial charge in [0.2, 0.25) is 16.4 Å². The number of likely N-dealkylation sites (N-methyl/N-ethyl adjacent to an activating group) is 1. The average molecular weight is 1450 g/mol. The molecule has 0 amide bonds. The van der Waals surface area contributed by atoms with Crippen LogP contribution in [0, 0.1) is 17.2 Å². The average Bonchev–Trinajstić information content (AvgIpc) is 1.51. The number of rotatable bonds is 21. The summed E-state index contributed by atoms with van der Waals surface area (Å²) in [5.74, 6) is 0.441. The Labute approximate surface area is 564 Å². The Morgan fingerprint density at radius 2 is 1.01 bits per heavy atom. The number of nitrogens with zero attached hydrogens (tertiary/aromatic N) is 4. The minimum Gasteiger partial charge on any atom is -1.00 e. The van der Waals surface area contributed by atoms with Gasteiger partial charge in [0.25, 0.3) is 0 Å². The molecule has 0 aromatic heterocycles. The number of nitriles is 1. The molecule has 0 radical (unpaired) electrons. The maximum atomic E-state index is 14.8. The summed E-state index contributed by atoms with van der Waals surface area (Å²) in [6.45, 7) is 41.6. The molecule has 5 aliphatic heterocycles. The van der Waals surface area contributed by atoms with Crippen molar-refractivity contribution in [1.29, 1.82) is 5.26 Å². The molecule has 1 N–H and O–H groups in total. The van der Waals surface area contributed by atoms with Gasteiger partial charge in [-0.1, -0.05) is 12.1 Å². The predicted octanol–water partition coefficient (Wildman–Crippen LogP) is 9.57. The summed E-state index contributed by atoms with van der Waals surface area (Å²) < 4.78 is 110. The normalized spacial score (nSPS) is 26.5. The molecule has 4 atom stereocenters. The summed E-state index contributed by atoms with van der Waals surface area (Å²) in [5, 5.41) is 9.19. The number of benzene rings is 4. The van der Waals surface area contributed by atoms with Crippen LogP contribution in [0.1, 0.15) is 175 Å². The molecule has 18 nitrogen and oxygen atoms in total. The van der Waals surface area contributed by atoms with Crippen molar-refractivity contribution in [2.24, 2.45) is 5.92 Å². The van der Waals surface area contributed by atoms with Gasteiger partial charge < -0.3 is 21.9 Å². The van der Waals surface area contributed by atoms with E-state index in [1.807, 2.05) is 179 Å². The molecule has 4 unspecified atom stereocenters. The Balaban J connectivity index is 0.0000102. The zero-order valence-electron chi connectivity index (χ0n) is 58.9. The molecule has 1 aliphatic carbocycles. The van der Waals surface area contributed by atoms with Crippen LogP contribution in [-0.4, -0.2) is 144 Å². The molecule has 5 heterocycles. The van der Waals surface area contributed by atoms with Crippen LogP contribution in [0.5, 0.6) is 5.75 Å². The van der Waals surface area contributed by atoms with E-state index in [1.54, 1.807) is 12.1 Å². The van der Waals surface area contributed by atoms with Gasteiger partial charge in [0, 0.05) is 18.6 Å². The summed E-state index contributed by atoms with van der Waals surface area (Å²) >= 11 is -10.4. The van der Waals surface area contributed by atoms with E-state index in [-0.39, 0.29) is 60.9 Å².